The molecule has 3 N–H and O–H groups in total. The minimum absolute atomic E-state index is 0.227. The third-order valence-electron chi connectivity index (χ3n) is 4.08. The lowest BCUT2D eigenvalue weighted by atomic mass is 10.1. The van der Waals surface area contributed by atoms with Crippen molar-refractivity contribution in [3.63, 3.8) is 0 Å². The van der Waals surface area contributed by atoms with Gasteiger partial charge in [-0.15, -0.1) is 5.06 Å². The summed E-state index contributed by atoms with van der Waals surface area (Å²) >= 11 is 3.91. The van der Waals surface area contributed by atoms with E-state index >= 15 is 0 Å². The zero-order valence-corrected chi connectivity index (χ0v) is 19.4. The van der Waals surface area contributed by atoms with Crippen molar-refractivity contribution >= 4 is 45.4 Å². The highest BCUT2D eigenvalue weighted by Gasteiger charge is 2.31. The van der Waals surface area contributed by atoms with Gasteiger partial charge in [-0.1, -0.05) is 0 Å². The minimum atomic E-state index is -0.455. The summed E-state index contributed by atoms with van der Waals surface area (Å²) in [4.78, 5) is 24.3. The first kappa shape index (κ1) is 23.5. The van der Waals surface area contributed by atoms with Crippen LogP contribution in [0.5, 0.6) is 0 Å². The second-order valence-electron chi connectivity index (χ2n) is 6.27. The van der Waals surface area contributed by atoms with Crippen LogP contribution in [0.1, 0.15) is 24.2 Å². The summed E-state index contributed by atoms with van der Waals surface area (Å²) in [5.74, 6) is 1.07. The summed E-state index contributed by atoms with van der Waals surface area (Å²) in [6.45, 7) is 4.73. The van der Waals surface area contributed by atoms with Crippen LogP contribution in [-0.2, 0) is 9.68 Å². The van der Waals surface area contributed by atoms with Crippen LogP contribution in [0, 0.1) is 0 Å². The van der Waals surface area contributed by atoms with Crippen molar-refractivity contribution in [1.82, 2.24) is 15.4 Å². The van der Waals surface area contributed by atoms with E-state index < -0.39 is 6.17 Å². The molecule has 0 radical (unpaired) electrons. The average Bonchev–Trinajstić information content (AvgIpc) is 3.05. The number of nitrogens with one attached hydrogen (secondary N) is 2. The molecule has 1 aliphatic rings. The Hall–Kier alpha value is -1.79. The number of aliphatic imine (C=N–C) groups is 1. The van der Waals surface area contributed by atoms with Gasteiger partial charge >= 0.3 is 0 Å². The Balaban J connectivity index is 2.33. The lowest BCUT2D eigenvalue weighted by Gasteiger charge is -2.22. The normalized spacial score (nSPS) is 18.7. The number of carbonyl (C=O) groups is 1. The Bertz CT molecular complexity index is 803. The number of ether oxygens (including phenoxy) is 1. The van der Waals surface area contributed by atoms with Gasteiger partial charge in [0.05, 0.1) is 29.3 Å². The summed E-state index contributed by atoms with van der Waals surface area (Å²) in [5, 5.41) is 4.82. The van der Waals surface area contributed by atoms with Gasteiger partial charge in [-0.3, -0.25) is 9.79 Å². The summed E-state index contributed by atoms with van der Waals surface area (Å²) in [5.41, 5.74) is 3.72. The number of anilines is 1. The van der Waals surface area contributed by atoms with E-state index in [9.17, 15) is 9.35 Å². The molecule has 29 heavy (non-hydrogen) atoms. The second kappa shape index (κ2) is 10.8. The first-order valence-corrected chi connectivity index (χ1v) is 10.5. The topological polar surface area (TPSA) is 98.7 Å². The number of hydroxylamine groups is 3. The molecule has 0 aliphatic carbocycles. The van der Waals surface area contributed by atoms with Gasteiger partial charge in [0.1, 0.15) is 5.76 Å². The molecule has 1 saturated heterocycles. The first-order chi connectivity index (χ1) is 13.8. The summed E-state index contributed by atoms with van der Waals surface area (Å²) in [6, 6.07) is 3.53. The molecule has 1 aromatic rings. The molecular weight excluding hydrogens is 462 g/mol. The molecule has 0 aromatic heterocycles. The molecule has 0 bridgehead atoms. The predicted molar refractivity (Wildman–Crippen MR) is 118 cm³/mol. The van der Waals surface area contributed by atoms with E-state index in [0.29, 0.717) is 51.6 Å². The van der Waals surface area contributed by atoms with Crippen LogP contribution < -0.4 is 10.8 Å². The molecule has 0 spiro atoms. The highest BCUT2D eigenvalue weighted by atomic mass is 79.9. The van der Waals surface area contributed by atoms with E-state index in [2.05, 4.69) is 31.7 Å². The molecule has 1 fully saturated rings. The molecule has 9 nitrogen and oxygen atoms in total. The van der Waals surface area contributed by atoms with E-state index in [1.807, 2.05) is 19.9 Å². The standard InChI is InChI=1S/C18H26BrN5O4S/c1-6-11(27-7-2)10-20-16-17(24(5)28-22-16)21-13-9-8-12(19)14(15(13)29-26)18(25)23(3)4/h6,8-9,17,21,26H,7,10H2,1-5H3,(H,20,22)/b11-6-. The largest absolute Gasteiger partial charge is 0.497 e. The third-order valence-corrected chi connectivity index (χ3v) is 5.35. The fourth-order valence-corrected chi connectivity index (χ4v) is 3.73. The highest BCUT2D eigenvalue weighted by Crippen LogP contribution is 2.35. The number of amides is 1. The Kier molecular flexibility index (Phi) is 8.78. The van der Waals surface area contributed by atoms with Gasteiger partial charge in [0, 0.05) is 37.7 Å². The fourth-order valence-electron chi connectivity index (χ4n) is 2.58. The molecule has 0 saturated carbocycles. The van der Waals surface area contributed by atoms with Gasteiger partial charge < -0.3 is 19.5 Å². The number of allylic oxidation sites excluding steroid dienone is 1. The predicted octanol–water partition coefficient (Wildman–Crippen LogP) is 3.17. The molecule has 1 atom stereocenters. The van der Waals surface area contributed by atoms with Gasteiger partial charge in [0.15, 0.2) is 12.0 Å². The average molecular weight is 488 g/mol. The molecule has 11 heteroatoms. The Morgan fingerprint density at radius 3 is 2.86 bits per heavy atom. The van der Waals surface area contributed by atoms with Crippen molar-refractivity contribution in [3.8, 4) is 0 Å². The molecule has 160 valence electrons. The van der Waals surface area contributed by atoms with E-state index in [4.69, 9.17) is 9.68 Å². The molecule has 1 unspecified atom stereocenters. The lowest BCUT2D eigenvalue weighted by Crippen LogP contribution is -2.38. The van der Waals surface area contributed by atoms with Gasteiger partial charge in [-0.2, -0.15) is 4.94 Å². The number of benzene rings is 1. The maximum Gasteiger partial charge on any atom is 0.255 e. The molecule has 1 aliphatic heterocycles. The second-order valence-corrected chi connectivity index (χ2v) is 7.71. The van der Waals surface area contributed by atoms with Crippen molar-refractivity contribution < 1.29 is 19.0 Å². The van der Waals surface area contributed by atoms with E-state index in [1.54, 1.807) is 38.3 Å². The Labute approximate surface area is 183 Å². The number of carbonyl (C=O) groups excluding carboxylic acids is 1. The third kappa shape index (κ3) is 5.64. The van der Waals surface area contributed by atoms with Crippen LogP contribution in [0.2, 0.25) is 0 Å². The van der Waals surface area contributed by atoms with Gasteiger partial charge in [0.25, 0.3) is 5.91 Å². The number of hydrogen-bond acceptors (Lipinski definition) is 8. The molecule has 1 amide bonds. The summed E-state index contributed by atoms with van der Waals surface area (Å²) < 4.78 is 16.0. The molecular formula is C18H26BrN5O4S. The van der Waals surface area contributed by atoms with Crippen molar-refractivity contribution in [3.05, 3.63) is 34.0 Å². The van der Waals surface area contributed by atoms with Crippen LogP contribution in [0.3, 0.4) is 0 Å². The summed E-state index contributed by atoms with van der Waals surface area (Å²) in [7, 11) is 5.05. The smallest absolute Gasteiger partial charge is 0.255 e. The maximum absolute atomic E-state index is 12.6. The number of hydrogen-bond donors (Lipinski definition) is 3. The van der Waals surface area contributed by atoms with E-state index in [-0.39, 0.29) is 5.91 Å². The molecule has 2 rings (SSSR count). The maximum atomic E-state index is 12.6. The van der Waals surface area contributed by atoms with Crippen molar-refractivity contribution in [2.75, 3.05) is 39.6 Å². The lowest BCUT2D eigenvalue weighted by molar-refractivity contribution is -0.149. The van der Waals surface area contributed by atoms with Crippen LogP contribution in [0.25, 0.3) is 0 Å². The van der Waals surface area contributed by atoms with Gasteiger partial charge in [0.2, 0.25) is 0 Å². The van der Waals surface area contributed by atoms with Crippen molar-refractivity contribution in [2.45, 2.75) is 24.9 Å². The minimum Gasteiger partial charge on any atom is -0.497 e. The van der Waals surface area contributed by atoms with Crippen LogP contribution >= 0.6 is 28.0 Å². The zero-order chi connectivity index (χ0) is 21.6. The number of rotatable bonds is 8. The highest BCUT2D eigenvalue weighted by molar-refractivity contribution is 9.10. The first-order valence-electron chi connectivity index (χ1n) is 8.94. The van der Waals surface area contributed by atoms with Gasteiger partial charge in [-0.25, -0.2) is 5.48 Å². The number of likely N-dealkylation sites (N-methyl/N-ethyl adjacent to an activating group) is 1. The van der Waals surface area contributed by atoms with Gasteiger partial charge in [-0.05, 0) is 48.0 Å². The monoisotopic (exact) mass is 487 g/mol. The number of amidine groups is 1. The van der Waals surface area contributed by atoms with E-state index in [0.717, 1.165) is 5.76 Å². The van der Waals surface area contributed by atoms with Crippen molar-refractivity contribution in [1.29, 1.82) is 0 Å². The fraction of sp³-hybridized carbons (Fsp3) is 0.444. The van der Waals surface area contributed by atoms with E-state index in [1.165, 1.54) is 4.90 Å². The Morgan fingerprint density at radius 1 is 1.55 bits per heavy atom. The van der Waals surface area contributed by atoms with Crippen LogP contribution in [0.4, 0.5) is 5.69 Å². The van der Waals surface area contributed by atoms with Crippen LogP contribution in [0.15, 0.2) is 38.3 Å². The quantitative estimate of drug-likeness (QED) is 0.379. The molecule has 1 aromatic carbocycles. The number of nitrogens with zero attached hydrogens (tertiary/aromatic N) is 3. The number of halogens is 1. The summed E-state index contributed by atoms with van der Waals surface area (Å²) in [6.07, 6.45) is 1.41. The van der Waals surface area contributed by atoms with Crippen LogP contribution in [-0.4, -0.2) is 66.7 Å². The zero-order valence-electron chi connectivity index (χ0n) is 17.0. The SMILES string of the molecule is C/C=C(/CN=C1NON(C)C1Nc1ccc(Br)c(C(=O)N(C)C)c1SO)OCC. The Morgan fingerprint density at radius 2 is 2.28 bits per heavy atom. The van der Waals surface area contributed by atoms with Crippen molar-refractivity contribution in [2.24, 2.45) is 4.99 Å². The molecule has 1 heterocycles.